The molecule has 0 aliphatic rings. The quantitative estimate of drug-likeness (QED) is 0.619. The molecule has 0 amide bonds. The van der Waals surface area contributed by atoms with Crippen molar-refractivity contribution in [1.82, 2.24) is 0 Å². The maximum absolute atomic E-state index is 12.2. The molecule has 0 saturated carbocycles. The van der Waals surface area contributed by atoms with E-state index in [0.717, 1.165) is 0 Å². The Balaban J connectivity index is 2.15. The van der Waals surface area contributed by atoms with Crippen LogP contribution in [0.1, 0.15) is 20.7 Å². The average Bonchev–Trinajstić information content (AvgIpc) is 2.53. The number of alkyl halides is 2. The molecular weight excluding hydrogens is 295 g/mol. The Kier molecular flexibility index (Phi) is 4.94. The third kappa shape index (κ3) is 3.27. The predicted octanol–water partition coefficient (Wildman–Crippen LogP) is 3.97. The molecule has 0 heterocycles. The van der Waals surface area contributed by atoms with Gasteiger partial charge in [-0.1, -0.05) is 60.7 Å². The van der Waals surface area contributed by atoms with E-state index < -0.39 is 10.8 Å². The normalized spacial score (nSPS) is 13.5. The van der Waals surface area contributed by atoms with Crippen molar-refractivity contribution in [2.45, 2.75) is 10.8 Å². The second-order valence-corrected chi connectivity index (χ2v) is 5.20. The second-order valence-electron chi connectivity index (χ2n) is 4.26. The molecule has 2 atom stereocenters. The lowest BCUT2D eigenvalue weighted by atomic mass is 10.0. The van der Waals surface area contributed by atoms with Crippen LogP contribution in [0, 0.1) is 0 Å². The fourth-order valence-electron chi connectivity index (χ4n) is 1.79. The molecule has 0 aromatic heterocycles. The summed E-state index contributed by atoms with van der Waals surface area (Å²) in [4.78, 5) is 24.3. The monoisotopic (exact) mass is 306 g/mol. The SMILES string of the molecule is O=C(c1ccccc1)C(Cl)C(Cl)C(=O)c1ccccc1. The Hall–Kier alpha value is -1.64. The molecule has 0 bridgehead atoms. The first-order chi connectivity index (χ1) is 9.61. The van der Waals surface area contributed by atoms with Crippen LogP contribution >= 0.6 is 23.2 Å². The summed E-state index contributed by atoms with van der Waals surface area (Å²) in [6, 6.07) is 17.1. The topological polar surface area (TPSA) is 34.1 Å². The van der Waals surface area contributed by atoms with Crippen LogP contribution in [-0.4, -0.2) is 22.3 Å². The highest BCUT2D eigenvalue weighted by Crippen LogP contribution is 2.20. The number of ketones is 2. The third-order valence-corrected chi connectivity index (χ3v) is 3.90. The van der Waals surface area contributed by atoms with Crippen LogP contribution in [0.2, 0.25) is 0 Å². The molecule has 4 heteroatoms. The number of Topliss-reactive ketones (excluding diaryl/α,β-unsaturated/α-hetero) is 2. The second kappa shape index (κ2) is 6.69. The molecular formula is C16H12Cl2O2. The molecule has 102 valence electrons. The first-order valence-electron chi connectivity index (χ1n) is 6.08. The number of rotatable bonds is 5. The van der Waals surface area contributed by atoms with E-state index in [1.54, 1.807) is 60.7 Å². The van der Waals surface area contributed by atoms with E-state index in [9.17, 15) is 9.59 Å². The molecule has 0 radical (unpaired) electrons. The van der Waals surface area contributed by atoms with E-state index in [2.05, 4.69) is 0 Å². The molecule has 0 aliphatic heterocycles. The molecule has 0 fully saturated rings. The number of carbonyl (C=O) groups is 2. The van der Waals surface area contributed by atoms with E-state index in [1.165, 1.54) is 0 Å². The number of benzene rings is 2. The van der Waals surface area contributed by atoms with Gasteiger partial charge in [-0.3, -0.25) is 9.59 Å². The van der Waals surface area contributed by atoms with Crippen LogP contribution in [0.4, 0.5) is 0 Å². The number of carbonyl (C=O) groups excluding carboxylic acids is 2. The van der Waals surface area contributed by atoms with Crippen molar-refractivity contribution >= 4 is 34.8 Å². The Morgan fingerprint density at radius 1 is 0.650 bits per heavy atom. The van der Waals surface area contributed by atoms with E-state index in [1.807, 2.05) is 0 Å². The summed E-state index contributed by atoms with van der Waals surface area (Å²) in [5.74, 6) is -0.701. The Labute approximate surface area is 127 Å². The highest BCUT2D eigenvalue weighted by Gasteiger charge is 2.31. The van der Waals surface area contributed by atoms with Crippen LogP contribution in [0.15, 0.2) is 60.7 Å². The van der Waals surface area contributed by atoms with E-state index in [0.29, 0.717) is 11.1 Å². The zero-order valence-corrected chi connectivity index (χ0v) is 12.0. The molecule has 0 saturated heterocycles. The van der Waals surface area contributed by atoms with Crippen molar-refractivity contribution in [1.29, 1.82) is 0 Å². The predicted molar refractivity (Wildman–Crippen MR) is 80.8 cm³/mol. The number of hydrogen-bond acceptors (Lipinski definition) is 2. The largest absolute Gasteiger partial charge is 0.292 e. The van der Waals surface area contributed by atoms with Crippen molar-refractivity contribution in [2.24, 2.45) is 0 Å². The lowest BCUT2D eigenvalue weighted by Gasteiger charge is -2.14. The molecule has 0 N–H and O–H groups in total. The maximum Gasteiger partial charge on any atom is 0.182 e. The maximum atomic E-state index is 12.2. The molecule has 0 spiro atoms. The van der Waals surface area contributed by atoms with Crippen LogP contribution in [0.5, 0.6) is 0 Å². The molecule has 2 unspecified atom stereocenters. The van der Waals surface area contributed by atoms with Crippen LogP contribution in [-0.2, 0) is 0 Å². The fraction of sp³-hybridized carbons (Fsp3) is 0.125. The van der Waals surface area contributed by atoms with Gasteiger partial charge in [0.1, 0.15) is 10.8 Å². The first-order valence-corrected chi connectivity index (χ1v) is 6.95. The van der Waals surface area contributed by atoms with Gasteiger partial charge in [-0.15, -0.1) is 23.2 Å². The van der Waals surface area contributed by atoms with Crippen molar-refractivity contribution in [3.63, 3.8) is 0 Å². The molecule has 20 heavy (non-hydrogen) atoms. The van der Waals surface area contributed by atoms with Gasteiger partial charge in [0.05, 0.1) is 0 Å². The zero-order valence-electron chi connectivity index (χ0n) is 10.5. The van der Waals surface area contributed by atoms with E-state index >= 15 is 0 Å². The highest BCUT2D eigenvalue weighted by molar-refractivity contribution is 6.46. The fourth-order valence-corrected chi connectivity index (χ4v) is 2.27. The van der Waals surface area contributed by atoms with Crippen LogP contribution in [0.3, 0.4) is 0 Å². The van der Waals surface area contributed by atoms with Gasteiger partial charge in [0, 0.05) is 11.1 Å². The molecule has 0 aliphatic carbocycles. The van der Waals surface area contributed by atoms with Crippen LogP contribution < -0.4 is 0 Å². The van der Waals surface area contributed by atoms with Gasteiger partial charge in [0.2, 0.25) is 0 Å². The number of hydrogen-bond donors (Lipinski definition) is 0. The van der Waals surface area contributed by atoms with Gasteiger partial charge < -0.3 is 0 Å². The minimum absolute atomic E-state index is 0.350. The summed E-state index contributed by atoms with van der Waals surface area (Å²) in [6.07, 6.45) is 0. The third-order valence-electron chi connectivity index (χ3n) is 2.87. The number of halogens is 2. The van der Waals surface area contributed by atoms with E-state index in [-0.39, 0.29) is 11.6 Å². The lowest BCUT2D eigenvalue weighted by Crippen LogP contribution is -2.31. The highest BCUT2D eigenvalue weighted by atomic mass is 35.5. The van der Waals surface area contributed by atoms with Gasteiger partial charge in [-0.2, -0.15) is 0 Å². The minimum atomic E-state index is -1.09. The standard InChI is InChI=1S/C16H12Cl2O2/c17-13(15(19)11-7-3-1-4-8-11)14(18)16(20)12-9-5-2-6-10-12/h1-10,13-14H. The van der Waals surface area contributed by atoms with Gasteiger partial charge in [0.15, 0.2) is 11.6 Å². The molecule has 2 nitrogen and oxygen atoms in total. The first kappa shape index (κ1) is 14.8. The molecule has 2 rings (SSSR count). The summed E-state index contributed by atoms with van der Waals surface area (Å²) in [5, 5.41) is -2.18. The lowest BCUT2D eigenvalue weighted by molar-refractivity contribution is 0.0926. The van der Waals surface area contributed by atoms with Gasteiger partial charge in [-0.05, 0) is 0 Å². The molecule has 2 aromatic rings. The van der Waals surface area contributed by atoms with Crippen molar-refractivity contribution in [2.75, 3.05) is 0 Å². The summed E-state index contributed by atoms with van der Waals surface area (Å²) < 4.78 is 0. The van der Waals surface area contributed by atoms with Crippen molar-refractivity contribution in [3.05, 3.63) is 71.8 Å². The van der Waals surface area contributed by atoms with Gasteiger partial charge >= 0.3 is 0 Å². The summed E-state index contributed by atoms with van der Waals surface area (Å²) >= 11 is 12.1. The van der Waals surface area contributed by atoms with Gasteiger partial charge in [-0.25, -0.2) is 0 Å². The Bertz CT molecular complexity index is 541. The zero-order chi connectivity index (χ0) is 14.5. The van der Waals surface area contributed by atoms with Crippen molar-refractivity contribution < 1.29 is 9.59 Å². The van der Waals surface area contributed by atoms with Crippen LogP contribution in [0.25, 0.3) is 0 Å². The summed E-state index contributed by atoms with van der Waals surface area (Å²) in [7, 11) is 0. The minimum Gasteiger partial charge on any atom is -0.292 e. The summed E-state index contributed by atoms with van der Waals surface area (Å²) in [6.45, 7) is 0. The smallest absolute Gasteiger partial charge is 0.182 e. The van der Waals surface area contributed by atoms with E-state index in [4.69, 9.17) is 23.2 Å². The average molecular weight is 307 g/mol. The Morgan fingerprint density at radius 2 is 0.950 bits per heavy atom. The molecule has 2 aromatic carbocycles. The summed E-state index contributed by atoms with van der Waals surface area (Å²) in [5.41, 5.74) is 0.887. The Morgan fingerprint density at radius 3 is 1.25 bits per heavy atom. The van der Waals surface area contributed by atoms with Crippen molar-refractivity contribution in [3.8, 4) is 0 Å². The van der Waals surface area contributed by atoms with Gasteiger partial charge in [0.25, 0.3) is 0 Å².